The Balaban J connectivity index is 2.19. The standard InChI is InChI=1S/C13H15FN4S/c1-17(7-9-6-16-18(2)8-9)12-4-3-10(13(15)19)5-11(12)14/h3-6,8H,7H2,1-2H3,(H2,15,19). The van der Waals surface area contributed by atoms with Crippen molar-refractivity contribution in [3.8, 4) is 0 Å². The Labute approximate surface area is 116 Å². The zero-order chi connectivity index (χ0) is 14.0. The third-order valence-corrected chi connectivity index (χ3v) is 3.06. The molecule has 100 valence electrons. The number of rotatable bonds is 4. The van der Waals surface area contributed by atoms with Crippen molar-refractivity contribution >= 4 is 22.9 Å². The van der Waals surface area contributed by atoms with Gasteiger partial charge in [-0.1, -0.05) is 12.2 Å². The van der Waals surface area contributed by atoms with E-state index in [9.17, 15) is 4.39 Å². The van der Waals surface area contributed by atoms with Crippen LogP contribution in [0.3, 0.4) is 0 Å². The summed E-state index contributed by atoms with van der Waals surface area (Å²) in [7, 11) is 3.67. The van der Waals surface area contributed by atoms with E-state index in [1.807, 2.05) is 25.2 Å². The second-order valence-corrected chi connectivity index (χ2v) is 4.85. The third kappa shape index (κ3) is 3.08. The summed E-state index contributed by atoms with van der Waals surface area (Å²) in [6.45, 7) is 0.581. The largest absolute Gasteiger partial charge is 0.389 e. The number of hydrogen-bond acceptors (Lipinski definition) is 3. The van der Waals surface area contributed by atoms with Crippen LogP contribution in [0.4, 0.5) is 10.1 Å². The molecule has 0 aliphatic carbocycles. The number of halogens is 1. The quantitative estimate of drug-likeness (QED) is 0.867. The highest BCUT2D eigenvalue weighted by molar-refractivity contribution is 7.80. The molecule has 0 amide bonds. The number of nitrogens with two attached hydrogens (primary N) is 1. The molecule has 1 aromatic heterocycles. The lowest BCUT2D eigenvalue weighted by molar-refractivity contribution is 0.622. The molecule has 1 aromatic carbocycles. The zero-order valence-corrected chi connectivity index (χ0v) is 11.6. The van der Waals surface area contributed by atoms with E-state index in [2.05, 4.69) is 5.10 Å². The Morgan fingerprint density at radius 3 is 2.79 bits per heavy atom. The van der Waals surface area contributed by atoms with Gasteiger partial charge in [-0.2, -0.15) is 5.10 Å². The minimum Gasteiger partial charge on any atom is -0.389 e. The summed E-state index contributed by atoms with van der Waals surface area (Å²) in [6, 6.07) is 4.76. The highest BCUT2D eigenvalue weighted by atomic mass is 32.1. The maximum atomic E-state index is 14.0. The van der Waals surface area contributed by atoms with E-state index in [-0.39, 0.29) is 10.8 Å². The molecule has 2 rings (SSSR count). The Hall–Kier alpha value is -1.95. The smallest absolute Gasteiger partial charge is 0.147 e. The molecule has 6 heteroatoms. The van der Waals surface area contributed by atoms with Crippen LogP contribution >= 0.6 is 12.2 Å². The highest BCUT2D eigenvalue weighted by Gasteiger charge is 2.10. The second-order valence-electron chi connectivity index (χ2n) is 4.41. The molecular formula is C13H15FN4S. The predicted molar refractivity (Wildman–Crippen MR) is 77.6 cm³/mol. The van der Waals surface area contributed by atoms with Gasteiger partial charge >= 0.3 is 0 Å². The van der Waals surface area contributed by atoms with Crippen molar-refractivity contribution in [2.24, 2.45) is 12.8 Å². The fourth-order valence-electron chi connectivity index (χ4n) is 1.88. The molecule has 4 nitrogen and oxygen atoms in total. The maximum absolute atomic E-state index is 14.0. The minimum absolute atomic E-state index is 0.195. The van der Waals surface area contributed by atoms with Crippen LogP contribution in [0.1, 0.15) is 11.1 Å². The molecule has 2 aromatic rings. The van der Waals surface area contributed by atoms with Crippen molar-refractivity contribution in [1.29, 1.82) is 0 Å². The monoisotopic (exact) mass is 278 g/mol. The lowest BCUT2D eigenvalue weighted by atomic mass is 10.2. The first-order valence-corrected chi connectivity index (χ1v) is 6.16. The van der Waals surface area contributed by atoms with E-state index >= 15 is 0 Å². The summed E-state index contributed by atoms with van der Waals surface area (Å²) < 4.78 is 15.7. The van der Waals surface area contributed by atoms with E-state index < -0.39 is 0 Å². The van der Waals surface area contributed by atoms with Gasteiger partial charge in [-0.25, -0.2) is 4.39 Å². The summed E-state index contributed by atoms with van der Waals surface area (Å²) >= 11 is 4.82. The van der Waals surface area contributed by atoms with Crippen LogP contribution in [0.5, 0.6) is 0 Å². The molecular weight excluding hydrogens is 263 g/mol. The highest BCUT2D eigenvalue weighted by Crippen LogP contribution is 2.21. The fraction of sp³-hybridized carbons (Fsp3) is 0.231. The first-order chi connectivity index (χ1) is 8.97. The molecule has 0 aliphatic rings. The van der Waals surface area contributed by atoms with Crippen molar-refractivity contribution in [2.75, 3.05) is 11.9 Å². The van der Waals surface area contributed by atoms with Crippen molar-refractivity contribution in [3.05, 3.63) is 47.5 Å². The van der Waals surface area contributed by atoms with Gasteiger partial charge in [0, 0.05) is 38.0 Å². The van der Waals surface area contributed by atoms with E-state index in [0.717, 1.165) is 5.56 Å². The van der Waals surface area contributed by atoms with Crippen LogP contribution < -0.4 is 10.6 Å². The third-order valence-electron chi connectivity index (χ3n) is 2.82. The van der Waals surface area contributed by atoms with Crippen LogP contribution in [0.2, 0.25) is 0 Å². The number of benzene rings is 1. The minimum atomic E-state index is -0.336. The summed E-state index contributed by atoms with van der Waals surface area (Å²) in [5.41, 5.74) is 7.53. The molecule has 0 aliphatic heterocycles. The molecule has 1 heterocycles. The average Bonchev–Trinajstić information content (AvgIpc) is 2.74. The van der Waals surface area contributed by atoms with Crippen LogP contribution in [0.15, 0.2) is 30.6 Å². The molecule has 0 fully saturated rings. The van der Waals surface area contributed by atoms with Crippen LogP contribution in [0.25, 0.3) is 0 Å². The van der Waals surface area contributed by atoms with Gasteiger partial charge in [0.2, 0.25) is 0 Å². The molecule has 0 bridgehead atoms. The van der Waals surface area contributed by atoms with Gasteiger partial charge in [0.15, 0.2) is 0 Å². The number of aryl methyl sites for hydroxylation is 1. The molecule has 0 unspecified atom stereocenters. The molecule has 0 saturated heterocycles. The van der Waals surface area contributed by atoms with Gasteiger partial charge < -0.3 is 10.6 Å². The van der Waals surface area contributed by atoms with Gasteiger partial charge in [-0.3, -0.25) is 4.68 Å². The number of nitrogens with zero attached hydrogens (tertiary/aromatic N) is 3. The van der Waals surface area contributed by atoms with Gasteiger partial charge in [0.25, 0.3) is 0 Å². The number of thiocarbonyl (C=S) groups is 1. The Kier molecular flexibility index (Phi) is 3.80. The van der Waals surface area contributed by atoms with Crippen molar-refractivity contribution < 1.29 is 4.39 Å². The van der Waals surface area contributed by atoms with Crippen LogP contribution in [-0.4, -0.2) is 21.8 Å². The van der Waals surface area contributed by atoms with E-state index in [0.29, 0.717) is 17.8 Å². The summed E-state index contributed by atoms with van der Waals surface area (Å²) in [4.78, 5) is 2.01. The first kappa shape index (κ1) is 13.5. The molecule has 0 saturated carbocycles. The van der Waals surface area contributed by atoms with E-state index in [1.165, 1.54) is 6.07 Å². The Bertz CT molecular complexity index is 608. The fourth-order valence-corrected chi connectivity index (χ4v) is 2.01. The first-order valence-electron chi connectivity index (χ1n) is 5.75. The van der Waals surface area contributed by atoms with E-state index in [1.54, 1.807) is 23.0 Å². The van der Waals surface area contributed by atoms with Gasteiger partial charge in [-0.15, -0.1) is 0 Å². The summed E-state index contributed by atoms with van der Waals surface area (Å²) in [5, 5.41) is 4.09. The molecule has 0 atom stereocenters. The summed E-state index contributed by atoms with van der Waals surface area (Å²) in [5.74, 6) is -0.336. The van der Waals surface area contributed by atoms with E-state index in [4.69, 9.17) is 18.0 Å². The Morgan fingerprint density at radius 1 is 1.53 bits per heavy atom. The van der Waals surface area contributed by atoms with Crippen LogP contribution in [0, 0.1) is 5.82 Å². The second kappa shape index (κ2) is 5.36. The van der Waals surface area contributed by atoms with Crippen molar-refractivity contribution in [3.63, 3.8) is 0 Å². The normalized spacial score (nSPS) is 10.5. The molecule has 2 N–H and O–H groups in total. The molecule has 19 heavy (non-hydrogen) atoms. The van der Waals surface area contributed by atoms with Crippen molar-refractivity contribution in [1.82, 2.24) is 9.78 Å². The SMILES string of the molecule is CN(Cc1cnn(C)c1)c1ccc(C(N)=S)cc1F. The average molecular weight is 278 g/mol. The predicted octanol–water partition coefficient (Wildman–Crippen LogP) is 1.83. The zero-order valence-electron chi connectivity index (χ0n) is 10.8. The number of aromatic nitrogens is 2. The molecule has 0 spiro atoms. The van der Waals surface area contributed by atoms with Gasteiger partial charge in [-0.05, 0) is 18.2 Å². The Morgan fingerprint density at radius 2 is 2.26 bits per heavy atom. The number of hydrogen-bond donors (Lipinski definition) is 1. The van der Waals surface area contributed by atoms with Crippen molar-refractivity contribution in [2.45, 2.75) is 6.54 Å². The maximum Gasteiger partial charge on any atom is 0.147 e. The van der Waals surface area contributed by atoms with Gasteiger partial charge in [0.1, 0.15) is 10.8 Å². The summed E-state index contributed by atoms with van der Waals surface area (Å²) in [6.07, 6.45) is 3.66. The number of anilines is 1. The lowest BCUT2D eigenvalue weighted by Crippen LogP contribution is -2.18. The van der Waals surface area contributed by atoms with Crippen LogP contribution in [-0.2, 0) is 13.6 Å². The lowest BCUT2D eigenvalue weighted by Gasteiger charge is -2.19. The molecule has 0 radical (unpaired) electrons. The van der Waals surface area contributed by atoms with Gasteiger partial charge in [0.05, 0.1) is 11.9 Å². The topological polar surface area (TPSA) is 47.1 Å².